The summed E-state index contributed by atoms with van der Waals surface area (Å²) in [5.41, 5.74) is 1.84. The van der Waals surface area contributed by atoms with Crippen LogP contribution in [0.3, 0.4) is 0 Å². The fraction of sp³-hybridized carbons (Fsp3) is 0.364. The normalized spacial score (nSPS) is 18.0. The standard InChI is InChI=1S/C22H25N7O2/c1-29(2)15-7-8-16(9-15)31-19-6-4-5-18(30-3)22(19)17-10-20(28-27-17)26-21-13-24-14(11-23)12-25-21/h4-6,10,12-13,15-16H,7-9H2,1-3H3,(H2,25,26,27,28)/t15-,16-/m1/s1. The molecule has 9 nitrogen and oxygen atoms in total. The topological polar surface area (TPSA) is 112 Å². The predicted octanol–water partition coefficient (Wildman–Crippen LogP) is 3.35. The number of hydrogen-bond donors (Lipinski definition) is 2. The Morgan fingerprint density at radius 3 is 2.68 bits per heavy atom. The van der Waals surface area contributed by atoms with Gasteiger partial charge in [0, 0.05) is 12.1 Å². The Balaban J connectivity index is 1.56. The molecule has 2 heterocycles. The molecule has 0 aliphatic heterocycles. The van der Waals surface area contributed by atoms with Gasteiger partial charge in [0.15, 0.2) is 11.5 Å². The van der Waals surface area contributed by atoms with E-state index >= 15 is 0 Å². The smallest absolute Gasteiger partial charge is 0.158 e. The molecule has 1 fully saturated rings. The first-order valence-corrected chi connectivity index (χ1v) is 10.1. The number of methoxy groups -OCH3 is 1. The first-order valence-electron chi connectivity index (χ1n) is 10.1. The van der Waals surface area contributed by atoms with E-state index in [0.29, 0.717) is 23.4 Å². The van der Waals surface area contributed by atoms with Crippen molar-refractivity contribution >= 4 is 11.6 Å². The highest BCUT2D eigenvalue weighted by molar-refractivity contribution is 5.76. The van der Waals surface area contributed by atoms with Crippen LogP contribution in [0.15, 0.2) is 36.7 Å². The van der Waals surface area contributed by atoms with Crippen LogP contribution in [0.5, 0.6) is 11.5 Å². The van der Waals surface area contributed by atoms with Crippen molar-refractivity contribution in [1.82, 2.24) is 25.1 Å². The molecule has 0 saturated heterocycles. The van der Waals surface area contributed by atoms with E-state index < -0.39 is 0 Å². The molecular weight excluding hydrogens is 394 g/mol. The molecule has 1 aromatic carbocycles. The molecule has 2 N–H and O–H groups in total. The molecule has 1 saturated carbocycles. The van der Waals surface area contributed by atoms with Crippen molar-refractivity contribution in [3.8, 4) is 28.8 Å². The Hall–Kier alpha value is -3.64. The molecule has 0 radical (unpaired) electrons. The van der Waals surface area contributed by atoms with E-state index in [1.807, 2.05) is 30.3 Å². The van der Waals surface area contributed by atoms with Crippen molar-refractivity contribution in [2.45, 2.75) is 31.4 Å². The summed E-state index contributed by atoms with van der Waals surface area (Å²) in [5.74, 6) is 2.53. The number of aromatic amines is 1. The number of benzene rings is 1. The van der Waals surface area contributed by atoms with Gasteiger partial charge in [-0.1, -0.05) is 6.07 Å². The van der Waals surface area contributed by atoms with Crippen LogP contribution < -0.4 is 14.8 Å². The van der Waals surface area contributed by atoms with Crippen molar-refractivity contribution in [3.63, 3.8) is 0 Å². The molecule has 2 atom stereocenters. The number of nitriles is 1. The van der Waals surface area contributed by atoms with Gasteiger partial charge < -0.3 is 19.7 Å². The summed E-state index contributed by atoms with van der Waals surface area (Å²) in [6.45, 7) is 0. The fourth-order valence-electron chi connectivity index (χ4n) is 3.81. The van der Waals surface area contributed by atoms with Gasteiger partial charge in [0.25, 0.3) is 0 Å². The lowest BCUT2D eigenvalue weighted by Gasteiger charge is -2.20. The zero-order chi connectivity index (χ0) is 21.8. The van der Waals surface area contributed by atoms with Crippen LogP contribution in [0.25, 0.3) is 11.3 Å². The van der Waals surface area contributed by atoms with Gasteiger partial charge in [-0.15, -0.1) is 0 Å². The molecule has 31 heavy (non-hydrogen) atoms. The Bertz CT molecular complexity index is 1070. The molecule has 9 heteroatoms. The number of ether oxygens (including phenoxy) is 2. The van der Waals surface area contributed by atoms with Gasteiger partial charge in [0.05, 0.1) is 30.8 Å². The average molecular weight is 419 g/mol. The summed E-state index contributed by atoms with van der Waals surface area (Å²) in [4.78, 5) is 10.4. The fourth-order valence-corrected chi connectivity index (χ4v) is 3.81. The molecule has 2 aromatic heterocycles. The monoisotopic (exact) mass is 419 g/mol. The molecule has 1 aliphatic carbocycles. The maximum Gasteiger partial charge on any atom is 0.158 e. The van der Waals surface area contributed by atoms with Crippen molar-refractivity contribution in [1.29, 1.82) is 5.26 Å². The number of aromatic nitrogens is 4. The molecule has 3 aromatic rings. The quantitative estimate of drug-likeness (QED) is 0.600. The summed E-state index contributed by atoms with van der Waals surface area (Å²) in [6, 6.07) is 10.1. The summed E-state index contributed by atoms with van der Waals surface area (Å²) >= 11 is 0. The molecule has 0 amide bonds. The number of rotatable bonds is 7. The van der Waals surface area contributed by atoms with Crippen LogP contribution in [-0.4, -0.2) is 58.4 Å². The van der Waals surface area contributed by atoms with E-state index in [2.05, 4.69) is 44.5 Å². The number of nitrogens with zero attached hydrogens (tertiary/aromatic N) is 5. The zero-order valence-corrected chi connectivity index (χ0v) is 17.8. The highest BCUT2D eigenvalue weighted by atomic mass is 16.5. The van der Waals surface area contributed by atoms with Crippen molar-refractivity contribution in [3.05, 3.63) is 42.4 Å². The van der Waals surface area contributed by atoms with Gasteiger partial charge in [-0.3, -0.25) is 5.10 Å². The van der Waals surface area contributed by atoms with E-state index in [-0.39, 0.29) is 11.8 Å². The third-order valence-electron chi connectivity index (χ3n) is 5.46. The van der Waals surface area contributed by atoms with Gasteiger partial charge in [0.2, 0.25) is 0 Å². The highest BCUT2D eigenvalue weighted by Gasteiger charge is 2.28. The average Bonchev–Trinajstić information content (AvgIpc) is 3.44. The van der Waals surface area contributed by atoms with E-state index in [4.69, 9.17) is 14.7 Å². The van der Waals surface area contributed by atoms with Gasteiger partial charge in [-0.05, 0) is 45.5 Å². The first kappa shape index (κ1) is 20.6. The third kappa shape index (κ3) is 4.59. The van der Waals surface area contributed by atoms with E-state index in [1.165, 1.54) is 12.4 Å². The molecule has 1 aliphatic rings. The summed E-state index contributed by atoms with van der Waals surface area (Å²) in [6.07, 6.45) is 6.20. The predicted molar refractivity (Wildman–Crippen MR) is 116 cm³/mol. The summed E-state index contributed by atoms with van der Waals surface area (Å²) in [5, 5.41) is 19.3. The number of H-pyrrole nitrogens is 1. The van der Waals surface area contributed by atoms with E-state index in [1.54, 1.807) is 7.11 Å². The zero-order valence-electron chi connectivity index (χ0n) is 17.8. The van der Waals surface area contributed by atoms with E-state index in [9.17, 15) is 0 Å². The second-order valence-corrected chi connectivity index (χ2v) is 7.69. The van der Waals surface area contributed by atoms with Crippen molar-refractivity contribution in [2.75, 3.05) is 26.5 Å². The third-order valence-corrected chi connectivity index (χ3v) is 5.46. The van der Waals surface area contributed by atoms with Crippen LogP contribution in [0.4, 0.5) is 11.6 Å². The Morgan fingerprint density at radius 2 is 2.00 bits per heavy atom. The van der Waals surface area contributed by atoms with Gasteiger partial charge in [0.1, 0.15) is 29.5 Å². The number of hydrogen-bond acceptors (Lipinski definition) is 8. The minimum atomic E-state index is 0.160. The summed E-state index contributed by atoms with van der Waals surface area (Å²) in [7, 11) is 5.87. The molecular formula is C22H25N7O2. The second-order valence-electron chi connectivity index (χ2n) is 7.69. The Morgan fingerprint density at radius 1 is 1.16 bits per heavy atom. The highest BCUT2D eigenvalue weighted by Crippen LogP contribution is 2.40. The van der Waals surface area contributed by atoms with Crippen molar-refractivity contribution < 1.29 is 9.47 Å². The molecule has 0 bridgehead atoms. The lowest BCUT2D eigenvalue weighted by molar-refractivity contribution is 0.193. The first-order chi connectivity index (χ1) is 15.1. The SMILES string of the molecule is COc1cccc(O[C@@H]2CC[C@@H](N(C)C)C2)c1-c1cc(Nc2cnc(C#N)cn2)n[nH]1. The Kier molecular flexibility index (Phi) is 6.00. The second kappa shape index (κ2) is 9.02. The van der Waals surface area contributed by atoms with Gasteiger partial charge >= 0.3 is 0 Å². The lowest BCUT2D eigenvalue weighted by Crippen LogP contribution is -2.26. The van der Waals surface area contributed by atoms with Crippen LogP contribution in [0.2, 0.25) is 0 Å². The van der Waals surface area contributed by atoms with Crippen LogP contribution in [-0.2, 0) is 0 Å². The summed E-state index contributed by atoms with van der Waals surface area (Å²) < 4.78 is 12.0. The van der Waals surface area contributed by atoms with Crippen LogP contribution in [0.1, 0.15) is 25.0 Å². The maximum atomic E-state index is 8.85. The molecule has 4 rings (SSSR count). The largest absolute Gasteiger partial charge is 0.496 e. The number of nitrogens with one attached hydrogen (secondary N) is 2. The molecule has 0 unspecified atom stereocenters. The van der Waals surface area contributed by atoms with Gasteiger partial charge in [-0.2, -0.15) is 10.4 Å². The van der Waals surface area contributed by atoms with Crippen LogP contribution >= 0.6 is 0 Å². The minimum absolute atomic E-state index is 0.160. The Labute approximate surface area is 181 Å². The molecule has 0 spiro atoms. The van der Waals surface area contributed by atoms with Gasteiger partial charge in [-0.25, -0.2) is 9.97 Å². The van der Waals surface area contributed by atoms with Crippen LogP contribution in [0, 0.1) is 11.3 Å². The lowest BCUT2D eigenvalue weighted by atomic mass is 10.1. The maximum absolute atomic E-state index is 8.85. The molecule has 160 valence electrons. The minimum Gasteiger partial charge on any atom is -0.496 e. The van der Waals surface area contributed by atoms with Crippen molar-refractivity contribution in [2.24, 2.45) is 0 Å². The number of anilines is 2. The van der Waals surface area contributed by atoms with E-state index in [0.717, 1.165) is 36.3 Å².